The molecule has 1 aromatic rings. The smallest absolute Gasteiger partial charge is 0.135 e. The Bertz CT molecular complexity index is 499. The predicted octanol–water partition coefficient (Wildman–Crippen LogP) is 3.11. The van der Waals surface area contributed by atoms with Gasteiger partial charge in [-0.05, 0) is 0 Å². The van der Waals surface area contributed by atoms with Crippen LogP contribution < -0.4 is 5.30 Å². The molecule has 2 bridgehead atoms. The Balaban J connectivity index is 2.17. The minimum Gasteiger partial charge on any atom is -0.317 e. The van der Waals surface area contributed by atoms with Gasteiger partial charge in [0.1, 0.15) is 7.14 Å². The summed E-state index contributed by atoms with van der Waals surface area (Å²) >= 11 is 0. The molecular weight excluding hydrogens is 215 g/mol. The molecule has 2 aliphatic heterocycles. The molecule has 0 saturated heterocycles. The molecule has 0 fully saturated rings. The molecule has 2 heteroatoms. The molecule has 2 atom stereocenters. The van der Waals surface area contributed by atoms with Crippen molar-refractivity contribution in [2.45, 2.75) is 11.3 Å². The van der Waals surface area contributed by atoms with Crippen molar-refractivity contribution >= 4 is 12.4 Å². The normalized spacial score (nSPS) is 35.2. The molecule has 0 radical (unpaired) electrons. The number of hydrogen-bond acceptors (Lipinski definition) is 1. The summed E-state index contributed by atoms with van der Waals surface area (Å²) in [6, 6.07) is 9.87. The fourth-order valence-electron chi connectivity index (χ4n) is 2.43. The van der Waals surface area contributed by atoms with E-state index >= 15 is 0 Å². The van der Waals surface area contributed by atoms with Gasteiger partial charge >= 0.3 is 0 Å². The first kappa shape index (κ1) is 9.86. The van der Waals surface area contributed by atoms with Crippen molar-refractivity contribution in [3.63, 3.8) is 0 Å². The summed E-state index contributed by atoms with van der Waals surface area (Å²) < 4.78 is 13.2. The fourth-order valence-corrected chi connectivity index (χ4v) is 5.57. The van der Waals surface area contributed by atoms with Crippen LogP contribution in [0.5, 0.6) is 0 Å². The van der Waals surface area contributed by atoms with Crippen molar-refractivity contribution in [2.75, 3.05) is 0 Å². The molecular formula is C14H13OP. The van der Waals surface area contributed by atoms with E-state index in [0.717, 1.165) is 5.30 Å². The van der Waals surface area contributed by atoms with Crippen LogP contribution in [0.25, 0.3) is 0 Å². The molecule has 2 unspecified atom stereocenters. The van der Waals surface area contributed by atoms with Gasteiger partial charge in [0.15, 0.2) is 0 Å². The Morgan fingerprint density at radius 2 is 1.38 bits per heavy atom. The lowest BCUT2D eigenvalue weighted by atomic mass is 10.2. The molecule has 2 heterocycles. The second-order valence-corrected chi connectivity index (χ2v) is 7.31. The van der Waals surface area contributed by atoms with E-state index in [1.54, 1.807) is 0 Å². The van der Waals surface area contributed by atoms with E-state index in [4.69, 9.17) is 0 Å². The highest BCUT2D eigenvalue weighted by Crippen LogP contribution is 2.60. The molecule has 1 nitrogen and oxygen atoms in total. The summed E-state index contributed by atoms with van der Waals surface area (Å²) in [6.45, 7) is 0. The van der Waals surface area contributed by atoms with Gasteiger partial charge in [-0.25, -0.2) is 0 Å². The minimum absolute atomic E-state index is 0.0786. The van der Waals surface area contributed by atoms with Gasteiger partial charge in [-0.15, -0.1) is 0 Å². The molecule has 0 saturated carbocycles. The maximum absolute atomic E-state index is 13.2. The summed E-state index contributed by atoms with van der Waals surface area (Å²) in [5.41, 5.74) is 0.157. The second-order valence-electron chi connectivity index (χ2n) is 4.18. The lowest BCUT2D eigenvalue weighted by molar-refractivity contribution is 0.580. The first-order valence-electron chi connectivity index (χ1n) is 5.50. The molecule has 0 aromatic heterocycles. The lowest BCUT2D eigenvalue weighted by Gasteiger charge is -2.22. The van der Waals surface area contributed by atoms with E-state index < -0.39 is 7.14 Å². The third kappa shape index (κ3) is 1.28. The van der Waals surface area contributed by atoms with Gasteiger partial charge in [-0.3, -0.25) is 0 Å². The number of rotatable bonds is 1. The van der Waals surface area contributed by atoms with Crippen molar-refractivity contribution in [3.05, 3.63) is 66.8 Å². The van der Waals surface area contributed by atoms with Gasteiger partial charge in [0.25, 0.3) is 0 Å². The van der Waals surface area contributed by atoms with E-state index in [2.05, 4.69) is 12.2 Å². The van der Waals surface area contributed by atoms with Crippen LogP contribution in [-0.2, 0) is 4.57 Å². The van der Waals surface area contributed by atoms with Crippen LogP contribution in [0.1, 0.15) is 0 Å². The zero-order chi connectivity index (χ0) is 11.0. The van der Waals surface area contributed by atoms with Gasteiger partial charge in [0, 0.05) is 5.30 Å². The van der Waals surface area contributed by atoms with Crippen LogP contribution in [0.15, 0.2) is 66.8 Å². The first-order chi connectivity index (χ1) is 7.82. The Labute approximate surface area is 95.6 Å². The maximum atomic E-state index is 13.2. The molecule has 2 aliphatic rings. The summed E-state index contributed by atoms with van der Waals surface area (Å²) in [7, 11) is -2.36. The van der Waals surface area contributed by atoms with Crippen LogP contribution in [0, 0.1) is 0 Å². The largest absolute Gasteiger partial charge is 0.317 e. The average molecular weight is 228 g/mol. The summed E-state index contributed by atoms with van der Waals surface area (Å²) in [5, 5.41) is 0.992. The maximum Gasteiger partial charge on any atom is 0.135 e. The van der Waals surface area contributed by atoms with Crippen molar-refractivity contribution in [1.82, 2.24) is 0 Å². The quantitative estimate of drug-likeness (QED) is 0.533. The van der Waals surface area contributed by atoms with Crippen molar-refractivity contribution in [3.8, 4) is 0 Å². The van der Waals surface area contributed by atoms with Gasteiger partial charge in [0.2, 0.25) is 0 Å². The third-order valence-electron chi connectivity index (χ3n) is 3.28. The van der Waals surface area contributed by atoms with Crippen LogP contribution in [0.4, 0.5) is 0 Å². The van der Waals surface area contributed by atoms with Crippen LogP contribution in [0.2, 0.25) is 0 Å². The Kier molecular flexibility index (Phi) is 2.22. The molecule has 0 aliphatic carbocycles. The van der Waals surface area contributed by atoms with Crippen molar-refractivity contribution in [1.29, 1.82) is 0 Å². The molecule has 0 spiro atoms. The Morgan fingerprint density at radius 1 is 0.812 bits per heavy atom. The molecule has 3 rings (SSSR count). The zero-order valence-electron chi connectivity index (χ0n) is 8.86. The van der Waals surface area contributed by atoms with E-state index in [-0.39, 0.29) is 11.3 Å². The minimum atomic E-state index is -2.36. The van der Waals surface area contributed by atoms with Gasteiger partial charge in [0.05, 0.1) is 11.3 Å². The molecule has 0 N–H and O–H groups in total. The standard InChI is InChI=1S/C14H13OP/c15-16(12-6-2-1-3-7-12)13-8-4-5-9-14(16)11-10-13/h1-11,13-14H. The second kappa shape index (κ2) is 3.61. The molecule has 0 amide bonds. The van der Waals surface area contributed by atoms with E-state index in [0.29, 0.717) is 0 Å². The van der Waals surface area contributed by atoms with Gasteiger partial charge < -0.3 is 4.57 Å². The predicted molar refractivity (Wildman–Crippen MR) is 68.7 cm³/mol. The number of allylic oxidation sites excluding steroid dienone is 6. The Morgan fingerprint density at radius 3 is 1.94 bits per heavy atom. The monoisotopic (exact) mass is 228 g/mol. The Hall–Kier alpha value is -1.33. The van der Waals surface area contributed by atoms with E-state index in [1.807, 2.05) is 54.6 Å². The van der Waals surface area contributed by atoms with Crippen molar-refractivity contribution < 1.29 is 4.57 Å². The van der Waals surface area contributed by atoms with Crippen molar-refractivity contribution in [2.24, 2.45) is 0 Å². The highest BCUT2D eigenvalue weighted by Gasteiger charge is 2.41. The fraction of sp³-hybridized carbons (Fsp3) is 0.143. The van der Waals surface area contributed by atoms with E-state index in [1.165, 1.54) is 0 Å². The van der Waals surface area contributed by atoms with E-state index in [9.17, 15) is 4.57 Å². The lowest BCUT2D eigenvalue weighted by Crippen LogP contribution is -2.16. The topological polar surface area (TPSA) is 17.1 Å². The number of benzene rings is 1. The summed E-state index contributed by atoms with van der Waals surface area (Å²) in [5.74, 6) is 0. The average Bonchev–Trinajstić information content (AvgIpc) is 2.50. The van der Waals surface area contributed by atoms with Gasteiger partial charge in [-0.1, -0.05) is 66.8 Å². The number of fused-ring (bicyclic) bond motifs is 2. The molecule has 16 heavy (non-hydrogen) atoms. The van der Waals surface area contributed by atoms with Gasteiger partial charge in [-0.2, -0.15) is 0 Å². The van der Waals surface area contributed by atoms with Crippen LogP contribution >= 0.6 is 7.14 Å². The highest BCUT2D eigenvalue weighted by atomic mass is 31.2. The first-order valence-corrected chi connectivity index (χ1v) is 7.35. The zero-order valence-corrected chi connectivity index (χ0v) is 9.76. The SMILES string of the molecule is O=P1(c2ccccc2)C2C=CC=CC1C=C2. The molecule has 1 aromatic carbocycles. The molecule has 80 valence electrons. The van der Waals surface area contributed by atoms with Crippen LogP contribution in [0.3, 0.4) is 0 Å². The number of hydrogen-bond donors (Lipinski definition) is 0. The third-order valence-corrected chi connectivity index (χ3v) is 6.84. The summed E-state index contributed by atoms with van der Waals surface area (Å²) in [6.07, 6.45) is 12.3. The summed E-state index contributed by atoms with van der Waals surface area (Å²) in [4.78, 5) is 0. The van der Waals surface area contributed by atoms with Crippen LogP contribution in [-0.4, -0.2) is 11.3 Å². The highest BCUT2D eigenvalue weighted by molar-refractivity contribution is 7.74.